The highest BCUT2D eigenvalue weighted by molar-refractivity contribution is 5.80. The maximum absolute atomic E-state index is 12.9. The summed E-state index contributed by atoms with van der Waals surface area (Å²) in [5, 5.41) is 6.86. The number of rotatable bonds is 5. The van der Waals surface area contributed by atoms with Crippen molar-refractivity contribution in [1.82, 2.24) is 10.6 Å². The van der Waals surface area contributed by atoms with Gasteiger partial charge in [0.15, 0.2) is 5.96 Å². The summed E-state index contributed by atoms with van der Waals surface area (Å²) in [7, 11) is 1.77. The van der Waals surface area contributed by atoms with Gasteiger partial charge in [-0.1, -0.05) is 13.8 Å². The zero-order chi connectivity index (χ0) is 18.0. The number of hydrogen-bond donors (Lipinski definition) is 2. The fraction of sp³-hybridized carbons (Fsp3) is 0.632. The smallest absolute Gasteiger partial charge is 0.191 e. The van der Waals surface area contributed by atoms with E-state index in [1.807, 2.05) is 6.92 Å². The minimum absolute atomic E-state index is 0.0685. The first-order valence-electron chi connectivity index (χ1n) is 8.93. The van der Waals surface area contributed by atoms with Crippen LogP contribution in [0.1, 0.15) is 27.2 Å². The molecular weight excluding hydrogens is 321 g/mol. The van der Waals surface area contributed by atoms with Gasteiger partial charge in [-0.3, -0.25) is 4.99 Å². The quantitative estimate of drug-likeness (QED) is 0.634. The van der Waals surface area contributed by atoms with E-state index >= 15 is 0 Å². The number of aliphatic imine (C=N–C) groups is 1. The summed E-state index contributed by atoms with van der Waals surface area (Å²) in [6.07, 6.45) is 1.39. The number of fused-ring (bicyclic) bond motifs is 1. The van der Waals surface area contributed by atoms with E-state index in [2.05, 4.69) is 29.5 Å². The normalized spacial score (nSPS) is 28.7. The average molecular weight is 349 g/mol. The zero-order valence-corrected chi connectivity index (χ0v) is 15.4. The molecule has 6 heteroatoms. The van der Waals surface area contributed by atoms with Gasteiger partial charge in [0.1, 0.15) is 17.7 Å². The molecular formula is C19H28FN3O2. The summed E-state index contributed by atoms with van der Waals surface area (Å²) in [6, 6.07) is 6.43. The van der Waals surface area contributed by atoms with E-state index in [4.69, 9.17) is 9.47 Å². The predicted octanol–water partition coefficient (Wildman–Crippen LogP) is 2.57. The molecule has 1 saturated carbocycles. The zero-order valence-electron chi connectivity index (χ0n) is 15.4. The molecule has 2 fully saturated rings. The molecule has 0 spiro atoms. The fourth-order valence-electron chi connectivity index (χ4n) is 3.99. The molecule has 25 heavy (non-hydrogen) atoms. The van der Waals surface area contributed by atoms with Gasteiger partial charge in [-0.25, -0.2) is 4.39 Å². The average Bonchev–Trinajstić information content (AvgIpc) is 3.04. The second kappa shape index (κ2) is 7.20. The minimum Gasteiger partial charge on any atom is -0.489 e. The van der Waals surface area contributed by atoms with Gasteiger partial charge in [0, 0.05) is 31.0 Å². The molecule has 1 aromatic carbocycles. The lowest BCUT2D eigenvalue weighted by Crippen LogP contribution is -2.68. The van der Waals surface area contributed by atoms with Crippen molar-refractivity contribution in [1.29, 1.82) is 0 Å². The van der Waals surface area contributed by atoms with Crippen LogP contribution in [0.4, 0.5) is 4.39 Å². The molecule has 0 aromatic heterocycles. The molecule has 4 atom stereocenters. The highest BCUT2D eigenvalue weighted by Crippen LogP contribution is 2.52. The Balaban J connectivity index is 1.48. The molecule has 1 aliphatic heterocycles. The molecule has 1 aromatic rings. The Kier molecular flexibility index (Phi) is 5.18. The Labute approximate surface area is 149 Å². The fourth-order valence-corrected chi connectivity index (χ4v) is 3.99. The molecule has 4 unspecified atom stereocenters. The lowest BCUT2D eigenvalue weighted by molar-refractivity contribution is -0.106. The van der Waals surface area contributed by atoms with Crippen LogP contribution in [-0.2, 0) is 4.74 Å². The van der Waals surface area contributed by atoms with Crippen molar-refractivity contribution in [3.63, 3.8) is 0 Å². The maximum Gasteiger partial charge on any atom is 0.191 e. The predicted molar refractivity (Wildman–Crippen MR) is 96.4 cm³/mol. The van der Waals surface area contributed by atoms with Crippen molar-refractivity contribution >= 4 is 5.96 Å². The maximum atomic E-state index is 12.9. The Bertz CT molecular complexity index is 618. The Morgan fingerprint density at radius 2 is 2.12 bits per heavy atom. The van der Waals surface area contributed by atoms with Crippen LogP contribution in [0.25, 0.3) is 0 Å². The van der Waals surface area contributed by atoms with E-state index in [1.165, 1.54) is 12.1 Å². The van der Waals surface area contributed by atoms with Crippen molar-refractivity contribution in [2.24, 2.45) is 16.3 Å². The number of nitrogens with zero attached hydrogens (tertiary/aromatic N) is 1. The Morgan fingerprint density at radius 3 is 2.80 bits per heavy atom. The number of ether oxygens (including phenoxy) is 2. The topological polar surface area (TPSA) is 54.9 Å². The van der Waals surface area contributed by atoms with Gasteiger partial charge in [-0.05, 0) is 37.6 Å². The van der Waals surface area contributed by atoms with Crippen LogP contribution in [0.3, 0.4) is 0 Å². The van der Waals surface area contributed by atoms with E-state index in [9.17, 15) is 4.39 Å². The first-order valence-corrected chi connectivity index (χ1v) is 8.93. The van der Waals surface area contributed by atoms with Crippen LogP contribution in [0, 0.1) is 17.2 Å². The van der Waals surface area contributed by atoms with Crippen LogP contribution in [-0.4, -0.2) is 44.4 Å². The van der Waals surface area contributed by atoms with Gasteiger partial charge in [-0.2, -0.15) is 0 Å². The van der Waals surface area contributed by atoms with E-state index in [1.54, 1.807) is 19.2 Å². The van der Waals surface area contributed by atoms with Crippen LogP contribution in [0.15, 0.2) is 29.3 Å². The Morgan fingerprint density at radius 1 is 1.40 bits per heavy atom. The lowest BCUT2D eigenvalue weighted by Gasteiger charge is -2.54. The third-order valence-electron chi connectivity index (χ3n) is 5.32. The number of nitrogens with one attached hydrogen (secondary N) is 2. The Hall–Kier alpha value is -1.82. The summed E-state index contributed by atoms with van der Waals surface area (Å²) in [5.41, 5.74) is 0.106. The molecule has 2 N–H and O–H groups in total. The van der Waals surface area contributed by atoms with E-state index < -0.39 is 0 Å². The van der Waals surface area contributed by atoms with Crippen LogP contribution in [0.2, 0.25) is 0 Å². The number of halogens is 1. The monoisotopic (exact) mass is 349 g/mol. The summed E-state index contributed by atoms with van der Waals surface area (Å²) in [4.78, 5) is 4.33. The molecule has 0 radical (unpaired) electrons. The van der Waals surface area contributed by atoms with Crippen molar-refractivity contribution in [3.8, 4) is 5.75 Å². The second-order valence-corrected chi connectivity index (χ2v) is 7.52. The van der Waals surface area contributed by atoms with Crippen LogP contribution < -0.4 is 15.4 Å². The van der Waals surface area contributed by atoms with E-state index in [-0.39, 0.29) is 17.3 Å². The van der Waals surface area contributed by atoms with Crippen LogP contribution in [0.5, 0.6) is 5.75 Å². The SMILES string of the molecule is CN=C(NCC(C)Oc1ccc(F)cc1)NC1C2CCOC2C1(C)C. The van der Waals surface area contributed by atoms with Gasteiger partial charge in [0.05, 0.1) is 12.6 Å². The molecule has 1 saturated heterocycles. The third kappa shape index (κ3) is 3.73. The summed E-state index contributed by atoms with van der Waals surface area (Å²) < 4.78 is 24.6. The third-order valence-corrected chi connectivity index (χ3v) is 5.32. The first-order chi connectivity index (χ1) is 11.9. The number of hydrogen-bond acceptors (Lipinski definition) is 3. The molecule has 0 bridgehead atoms. The highest BCUT2D eigenvalue weighted by atomic mass is 19.1. The number of benzene rings is 1. The van der Waals surface area contributed by atoms with Crippen LogP contribution >= 0.6 is 0 Å². The van der Waals surface area contributed by atoms with Crippen molar-refractivity contribution in [2.45, 2.75) is 45.4 Å². The molecule has 138 valence electrons. The standard InChI is InChI=1S/C19H28FN3O2/c1-12(25-14-7-5-13(20)6-8-14)11-22-18(21-4)23-16-15-9-10-24-17(15)19(16,2)3/h5-8,12,15-17H,9-11H2,1-4H3,(H2,21,22,23). The highest BCUT2D eigenvalue weighted by Gasteiger charge is 2.59. The largest absolute Gasteiger partial charge is 0.489 e. The van der Waals surface area contributed by atoms with Crippen molar-refractivity contribution in [2.75, 3.05) is 20.2 Å². The summed E-state index contributed by atoms with van der Waals surface area (Å²) in [6.45, 7) is 7.91. The lowest BCUT2D eigenvalue weighted by atomic mass is 9.57. The molecule has 3 rings (SSSR count). The van der Waals surface area contributed by atoms with Crippen molar-refractivity contribution in [3.05, 3.63) is 30.1 Å². The summed E-state index contributed by atoms with van der Waals surface area (Å²) >= 11 is 0. The van der Waals surface area contributed by atoms with E-state index in [0.717, 1.165) is 19.0 Å². The van der Waals surface area contributed by atoms with Crippen molar-refractivity contribution < 1.29 is 13.9 Å². The van der Waals surface area contributed by atoms with E-state index in [0.29, 0.717) is 30.4 Å². The van der Waals surface area contributed by atoms with Gasteiger partial charge < -0.3 is 20.1 Å². The molecule has 0 amide bonds. The molecule has 2 aliphatic rings. The van der Waals surface area contributed by atoms with Gasteiger partial charge in [-0.15, -0.1) is 0 Å². The molecule has 5 nitrogen and oxygen atoms in total. The van der Waals surface area contributed by atoms with Gasteiger partial charge in [0.2, 0.25) is 0 Å². The van der Waals surface area contributed by atoms with Gasteiger partial charge >= 0.3 is 0 Å². The molecule has 1 aliphatic carbocycles. The summed E-state index contributed by atoms with van der Waals surface area (Å²) in [5.74, 6) is 1.73. The minimum atomic E-state index is -0.264. The number of guanidine groups is 1. The second-order valence-electron chi connectivity index (χ2n) is 7.52. The molecule has 1 heterocycles. The first kappa shape index (κ1) is 18.0. The van der Waals surface area contributed by atoms with Gasteiger partial charge in [0.25, 0.3) is 0 Å².